The Hall–Kier alpha value is -1.84. The van der Waals surface area contributed by atoms with Crippen LogP contribution in [-0.4, -0.2) is 30.1 Å². The first-order chi connectivity index (χ1) is 9.22. The third-order valence-corrected chi connectivity index (χ3v) is 3.25. The van der Waals surface area contributed by atoms with Gasteiger partial charge in [-0.3, -0.25) is 4.90 Å². The lowest BCUT2D eigenvalue weighted by Gasteiger charge is -2.28. The Bertz CT molecular complexity index is 496. The Kier molecular flexibility index (Phi) is 4.55. The summed E-state index contributed by atoms with van der Waals surface area (Å²) in [7, 11) is 2.07. The highest BCUT2D eigenvalue weighted by atomic mass is 16.3. The second-order valence-corrected chi connectivity index (χ2v) is 4.67. The maximum absolute atomic E-state index is 9.42. The van der Waals surface area contributed by atoms with Gasteiger partial charge in [-0.15, -0.1) is 0 Å². The van der Waals surface area contributed by atoms with Crippen LogP contribution in [0.4, 0.5) is 0 Å². The smallest absolute Gasteiger partial charge is 0.115 e. The zero-order chi connectivity index (χ0) is 13.7. The number of phenols is 1. The van der Waals surface area contributed by atoms with Crippen LogP contribution < -0.4 is 5.73 Å². The number of nitrogens with two attached hydrogens (primary N) is 1. The summed E-state index contributed by atoms with van der Waals surface area (Å²) in [5, 5.41) is 9.42. The average Bonchev–Trinajstić information content (AvgIpc) is 2.43. The molecule has 3 heteroatoms. The van der Waals surface area contributed by atoms with Crippen LogP contribution in [0.5, 0.6) is 5.75 Å². The predicted molar refractivity (Wildman–Crippen MR) is 78.1 cm³/mol. The third kappa shape index (κ3) is 3.34. The summed E-state index contributed by atoms with van der Waals surface area (Å²) in [5.41, 5.74) is 8.04. The number of nitrogens with zero attached hydrogens (tertiary/aromatic N) is 1. The fourth-order valence-electron chi connectivity index (χ4n) is 2.33. The Morgan fingerprint density at radius 3 is 2.16 bits per heavy atom. The molecule has 0 aliphatic rings. The molecule has 0 heterocycles. The van der Waals surface area contributed by atoms with Gasteiger partial charge in [-0.25, -0.2) is 0 Å². The molecule has 0 aliphatic carbocycles. The van der Waals surface area contributed by atoms with Crippen molar-refractivity contribution >= 4 is 0 Å². The first kappa shape index (κ1) is 13.6. The summed E-state index contributed by atoms with van der Waals surface area (Å²) in [6.45, 7) is 1.44. The van der Waals surface area contributed by atoms with Crippen molar-refractivity contribution in [1.82, 2.24) is 4.90 Å². The summed E-state index contributed by atoms with van der Waals surface area (Å²) < 4.78 is 0. The zero-order valence-electron chi connectivity index (χ0n) is 11.2. The first-order valence-corrected chi connectivity index (χ1v) is 6.46. The Morgan fingerprint density at radius 1 is 1.00 bits per heavy atom. The first-order valence-electron chi connectivity index (χ1n) is 6.46. The van der Waals surface area contributed by atoms with Gasteiger partial charge in [0.2, 0.25) is 0 Å². The summed E-state index contributed by atoms with van der Waals surface area (Å²) in [5.74, 6) is 0.289. The Morgan fingerprint density at radius 2 is 1.58 bits per heavy atom. The van der Waals surface area contributed by atoms with E-state index in [1.807, 2.05) is 30.3 Å². The second-order valence-electron chi connectivity index (χ2n) is 4.67. The van der Waals surface area contributed by atoms with Gasteiger partial charge in [-0.05, 0) is 30.3 Å². The molecule has 19 heavy (non-hydrogen) atoms. The monoisotopic (exact) mass is 256 g/mol. The number of rotatable bonds is 5. The topological polar surface area (TPSA) is 49.5 Å². The zero-order valence-corrected chi connectivity index (χ0v) is 11.2. The highest BCUT2D eigenvalue weighted by Gasteiger charge is 2.18. The van der Waals surface area contributed by atoms with Crippen molar-refractivity contribution in [2.75, 3.05) is 20.1 Å². The Labute approximate surface area is 114 Å². The standard InChI is InChI=1S/C16H20N2O/c1-18(12-11-17)16(13-5-3-2-4-6-13)14-7-9-15(19)10-8-14/h2-10,16,19H,11-12,17H2,1H3. The van der Waals surface area contributed by atoms with E-state index < -0.39 is 0 Å². The van der Waals surface area contributed by atoms with Crippen LogP contribution >= 0.6 is 0 Å². The largest absolute Gasteiger partial charge is 0.508 e. The second kappa shape index (κ2) is 6.36. The lowest BCUT2D eigenvalue weighted by molar-refractivity contribution is 0.286. The minimum Gasteiger partial charge on any atom is -0.508 e. The number of aromatic hydroxyl groups is 1. The number of hydrogen-bond donors (Lipinski definition) is 2. The SMILES string of the molecule is CN(CCN)C(c1ccccc1)c1ccc(O)cc1. The van der Waals surface area contributed by atoms with Crippen LogP contribution in [-0.2, 0) is 0 Å². The van der Waals surface area contributed by atoms with E-state index >= 15 is 0 Å². The minimum absolute atomic E-state index is 0.158. The van der Waals surface area contributed by atoms with Crippen molar-refractivity contribution in [2.24, 2.45) is 5.73 Å². The molecule has 2 aromatic carbocycles. The molecule has 0 aliphatic heterocycles. The molecule has 0 fully saturated rings. The van der Waals surface area contributed by atoms with Crippen LogP contribution in [0.3, 0.4) is 0 Å². The van der Waals surface area contributed by atoms with Crippen LogP contribution in [0.1, 0.15) is 17.2 Å². The summed E-state index contributed by atoms with van der Waals surface area (Å²) in [6.07, 6.45) is 0. The molecule has 0 saturated heterocycles. The van der Waals surface area contributed by atoms with Gasteiger partial charge in [0.25, 0.3) is 0 Å². The van der Waals surface area contributed by atoms with Crippen molar-refractivity contribution in [1.29, 1.82) is 0 Å². The summed E-state index contributed by atoms with van der Waals surface area (Å²) >= 11 is 0. The van der Waals surface area contributed by atoms with Crippen molar-refractivity contribution in [3.05, 3.63) is 65.7 Å². The van der Waals surface area contributed by atoms with E-state index in [4.69, 9.17) is 5.73 Å². The van der Waals surface area contributed by atoms with Crippen molar-refractivity contribution in [2.45, 2.75) is 6.04 Å². The quantitative estimate of drug-likeness (QED) is 0.863. The predicted octanol–water partition coefficient (Wildman–Crippen LogP) is 2.37. The van der Waals surface area contributed by atoms with Gasteiger partial charge < -0.3 is 10.8 Å². The van der Waals surface area contributed by atoms with Gasteiger partial charge in [0.05, 0.1) is 6.04 Å². The third-order valence-electron chi connectivity index (χ3n) is 3.25. The minimum atomic E-state index is 0.158. The van der Waals surface area contributed by atoms with Gasteiger partial charge in [-0.2, -0.15) is 0 Å². The van der Waals surface area contributed by atoms with Gasteiger partial charge in [0.1, 0.15) is 5.75 Å². The van der Waals surface area contributed by atoms with E-state index in [-0.39, 0.29) is 11.8 Å². The number of phenolic OH excluding ortho intramolecular Hbond substituents is 1. The molecule has 100 valence electrons. The molecular weight excluding hydrogens is 236 g/mol. The molecule has 2 aromatic rings. The van der Waals surface area contributed by atoms with Crippen molar-refractivity contribution in [3.8, 4) is 5.75 Å². The van der Waals surface area contributed by atoms with Crippen LogP contribution in [0.2, 0.25) is 0 Å². The molecule has 0 radical (unpaired) electrons. The molecule has 0 aromatic heterocycles. The molecule has 2 rings (SSSR count). The van der Waals surface area contributed by atoms with E-state index in [2.05, 4.69) is 24.1 Å². The van der Waals surface area contributed by atoms with E-state index in [1.165, 1.54) is 5.56 Å². The van der Waals surface area contributed by atoms with Crippen molar-refractivity contribution < 1.29 is 5.11 Å². The summed E-state index contributed by atoms with van der Waals surface area (Å²) in [4.78, 5) is 2.22. The van der Waals surface area contributed by atoms with Gasteiger partial charge in [0.15, 0.2) is 0 Å². The molecule has 0 bridgehead atoms. The highest BCUT2D eigenvalue weighted by Crippen LogP contribution is 2.28. The molecule has 0 spiro atoms. The van der Waals surface area contributed by atoms with E-state index in [9.17, 15) is 5.11 Å². The summed E-state index contributed by atoms with van der Waals surface area (Å²) in [6, 6.07) is 17.8. The maximum Gasteiger partial charge on any atom is 0.115 e. The molecule has 3 nitrogen and oxygen atoms in total. The number of benzene rings is 2. The lowest BCUT2D eigenvalue weighted by atomic mass is 9.97. The van der Waals surface area contributed by atoms with Crippen LogP contribution in [0, 0.1) is 0 Å². The maximum atomic E-state index is 9.42. The Balaban J connectivity index is 2.37. The van der Waals surface area contributed by atoms with Crippen LogP contribution in [0.25, 0.3) is 0 Å². The van der Waals surface area contributed by atoms with Gasteiger partial charge >= 0.3 is 0 Å². The van der Waals surface area contributed by atoms with Gasteiger partial charge in [-0.1, -0.05) is 42.5 Å². The molecule has 1 unspecified atom stereocenters. The van der Waals surface area contributed by atoms with E-state index in [1.54, 1.807) is 12.1 Å². The highest BCUT2D eigenvalue weighted by molar-refractivity contribution is 5.35. The number of likely N-dealkylation sites (N-methyl/N-ethyl adjacent to an activating group) is 1. The molecule has 0 saturated carbocycles. The van der Waals surface area contributed by atoms with Crippen molar-refractivity contribution in [3.63, 3.8) is 0 Å². The fraction of sp³-hybridized carbons (Fsp3) is 0.250. The van der Waals surface area contributed by atoms with E-state index in [0.717, 1.165) is 12.1 Å². The average molecular weight is 256 g/mol. The molecule has 0 amide bonds. The fourth-order valence-corrected chi connectivity index (χ4v) is 2.33. The lowest BCUT2D eigenvalue weighted by Crippen LogP contribution is -2.30. The molecule has 1 atom stereocenters. The molecule has 3 N–H and O–H groups in total. The van der Waals surface area contributed by atoms with Gasteiger partial charge in [0, 0.05) is 13.1 Å². The normalized spacial score (nSPS) is 12.6. The molecular formula is C16H20N2O. The van der Waals surface area contributed by atoms with Crippen LogP contribution in [0.15, 0.2) is 54.6 Å². The number of hydrogen-bond acceptors (Lipinski definition) is 3. The van der Waals surface area contributed by atoms with E-state index in [0.29, 0.717) is 6.54 Å².